The van der Waals surface area contributed by atoms with Crippen LogP contribution in [0.15, 0.2) is 12.3 Å². The average molecular weight is 293 g/mol. The van der Waals surface area contributed by atoms with E-state index in [4.69, 9.17) is 0 Å². The van der Waals surface area contributed by atoms with E-state index in [1.807, 2.05) is 22.5 Å². The van der Waals surface area contributed by atoms with E-state index in [1.54, 1.807) is 6.20 Å². The number of aromatic nitrogens is 2. The first kappa shape index (κ1) is 14.0. The number of thioether (sulfide) groups is 1. The minimum absolute atomic E-state index is 0.113. The number of hydrogen-bond acceptors (Lipinski definition) is 3. The van der Waals surface area contributed by atoms with Gasteiger partial charge in [-0.15, -0.1) is 11.8 Å². The van der Waals surface area contributed by atoms with Gasteiger partial charge in [0.25, 0.3) is 0 Å². The summed E-state index contributed by atoms with van der Waals surface area (Å²) in [4.78, 5) is 12.1. The van der Waals surface area contributed by atoms with Crippen molar-refractivity contribution < 1.29 is 4.79 Å². The molecule has 2 fully saturated rings. The Morgan fingerprint density at radius 3 is 2.70 bits per heavy atom. The quantitative estimate of drug-likeness (QED) is 0.902. The fourth-order valence-electron chi connectivity index (χ4n) is 3.28. The summed E-state index contributed by atoms with van der Waals surface area (Å²) in [5.41, 5.74) is 0. The minimum Gasteiger partial charge on any atom is -0.310 e. The first-order valence-electron chi connectivity index (χ1n) is 7.78. The second-order valence-corrected chi connectivity index (χ2v) is 7.15. The van der Waals surface area contributed by atoms with E-state index in [0.29, 0.717) is 17.0 Å². The second kappa shape index (κ2) is 6.66. The van der Waals surface area contributed by atoms with Crippen LogP contribution in [0.1, 0.15) is 57.4 Å². The molecule has 2 aliphatic rings. The molecule has 0 saturated heterocycles. The molecule has 5 heteroatoms. The van der Waals surface area contributed by atoms with E-state index < -0.39 is 0 Å². The Bertz CT molecular complexity index is 448. The second-order valence-electron chi connectivity index (χ2n) is 5.86. The van der Waals surface area contributed by atoms with Gasteiger partial charge in [0.05, 0.1) is 18.0 Å². The summed E-state index contributed by atoms with van der Waals surface area (Å²) < 4.78 is 2.01. The third kappa shape index (κ3) is 3.37. The molecule has 1 heterocycles. The molecule has 2 aliphatic carbocycles. The third-order valence-electron chi connectivity index (χ3n) is 4.36. The van der Waals surface area contributed by atoms with Crippen LogP contribution in [0.25, 0.3) is 0 Å². The van der Waals surface area contributed by atoms with Gasteiger partial charge >= 0.3 is 0 Å². The molecule has 0 spiro atoms. The third-order valence-corrected chi connectivity index (χ3v) is 5.73. The van der Waals surface area contributed by atoms with Gasteiger partial charge in [0.15, 0.2) is 0 Å². The van der Waals surface area contributed by atoms with Crippen LogP contribution >= 0.6 is 11.8 Å². The Balaban J connectivity index is 1.51. The molecular weight excluding hydrogens is 270 g/mol. The molecule has 0 aliphatic heterocycles. The number of rotatable bonds is 5. The fourth-order valence-corrected chi connectivity index (χ4v) is 4.41. The summed E-state index contributed by atoms with van der Waals surface area (Å²) in [5.74, 6) is 1.55. The molecule has 110 valence electrons. The van der Waals surface area contributed by atoms with E-state index >= 15 is 0 Å². The molecule has 2 saturated carbocycles. The van der Waals surface area contributed by atoms with E-state index in [2.05, 4.69) is 10.4 Å². The van der Waals surface area contributed by atoms with Crippen LogP contribution in [0.5, 0.6) is 0 Å². The Kier molecular flexibility index (Phi) is 4.65. The van der Waals surface area contributed by atoms with E-state index in [-0.39, 0.29) is 5.91 Å². The average Bonchev–Trinajstić information content (AvgIpc) is 3.18. The molecule has 0 radical (unpaired) electrons. The maximum Gasteiger partial charge on any atom is 0.235 e. The Morgan fingerprint density at radius 2 is 1.95 bits per heavy atom. The molecule has 0 unspecified atom stereocenters. The Morgan fingerprint density at radius 1 is 1.25 bits per heavy atom. The standard InChI is InChI=1S/C15H23N3OS/c19-15(11-20-13-7-3-4-8-13)17-14-9-10-16-18(14)12-5-1-2-6-12/h9-10,12-13H,1-8,11H2,(H,17,19). The van der Waals surface area contributed by atoms with Crippen molar-refractivity contribution in [3.8, 4) is 0 Å². The predicted octanol–water partition coefficient (Wildman–Crippen LogP) is 3.61. The highest BCUT2D eigenvalue weighted by molar-refractivity contribution is 8.00. The number of anilines is 1. The lowest BCUT2D eigenvalue weighted by atomic mass is 10.2. The highest BCUT2D eigenvalue weighted by atomic mass is 32.2. The topological polar surface area (TPSA) is 46.9 Å². The summed E-state index contributed by atoms with van der Waals surface area (Å²) in [7, 11) is 0. The molecule has 0 atom stereocenters. The van der Waals surface area contributed by atoms with Gasteiger partial charge in [-0.3, -0.25) is 4.79 Å². The van der Waals surface area contributed by atoms with Gasteiger partial charge in [-0.25, -0.2) is 4.68 Å². The molecule has 1 aromatic heterocycles. The highest BCUT2D eigenvalue weighted by Crippen LogP contribution is 2.32. The van der Waals surface area contributed by atoms with Gasteiger partial charge in [-0.2, -0.15) is 5.10 Å². The lowest BCUT2D eigenvalue weighted by molar-refractivity contribution is -0.113. The van der Waals surface area contributed by atoms with Gasteiger partial charge in [-0.1, -0.05) is 25.7 Å². The SMILES string of the molecule is O=C(CSC1CCCC1)Nc1ccnn1C1CCCC1. The number of hydrogen-bond donors (Lipinski definition) is 1. The molecule has 20 heavy (non-hydrogen) atoms. The van der Waals surface area contributed by atoms with Crippen LogP contribution in [0.4, 0.5) is 5.82 Å². The Hall–Kier alpha value is -0.970. The number of nitrogens with one attached hydrogen (secondary N) is 1. The summed E-state index contributed by atoms with van der Waals surface area (Å²) in [6.45, 7) is 0. The molecule has 3 rings (SSSR count). The van der Waals surface area contributed by atoms with Crippen LogP contribution in [0.3, 0.4) is 0 Å². The lowest BCUT2D eigenvalue weighted by Crippen LogP contribution is -2.20. The zero-order valence-corrected chi connectivity index (χ0v) is 12.7. The number of carbonyl (C=O) groups excluding carboxylic acids is 1. The summed E-state index contributed by atoms with van der Waals surface area (Å²) in [6, 6.07) is 2.39. The molecule has 1 N–H and O–H groups in total. The van der Waals surface area contributed by atoms with Gasteiger partial charge in [0.2, 0.25) is 5.91 Å². The normalized spacial score (nSPS) is 20.6. The van der Waals surface area contributed by atoms with Gasteiger partial charge in [0.1, 0.15) is 5.82 Å². The van der Waals surface area contributed by atoms with Crippen molar-refractivity contribution in [3.05, 3.63) is 12.3 Å². The van der Waals surface area contributed by atoms with Crippen molar-refractivity contribution in [2.75, 3.05) is 11.1 Å². The minimum atomic E-state index is 0.113. The largest absolute Gasteiger partial charge is 0.310 e. The van der Waals surface area contributed by atoms with Crippen molar-refractivity contribution in [3.63, 3.8) is 0 Å². The van der Waals surface area contributed by atoms with Gasteiger partial charge < -0.3 is 5.32 Å². The lowest BCUT2D eigenvalue weighted by Gasteiger charge is -2.15. The highest BCUT2D eigenvalue weighted by Gasteiger charge is 2.21. The van der Waals surface area contributed by atoms with Crippen LogP contribution in [0, 0.1) is 0 Å². The maximum atomic E-state index is 12.1. The maximum absolute atomic E-state index is 12.1. The summed E-state index contributed by atoms with van der Waals surface area (Å²) in [5, 5.41) is 8.11. The van der Waals surface area contributed by atoms with Crippen LogP contribution in [-0.4, -0.2) is 26.7 Å². The van der Waals surface area contributed by atoms with E-state index in [0.717, 1.165) is 5.82 Å². The van der Waals surface area contributed by atoms with Gasteiger partial charge in [-0.05, 0) is 25.7 Å². The zero-order valence-electron chi connectivity index (χ0n) is 11.9. The first-order chi connectivity index (χ1) is 9.83. The summed E-state index contributed by atoms with van der Waals surface area (Å²) in [6.07, 6.45) is 11.9. The van der Waals surface area contributed by atoms with Crippen LogP contribution in [0.2, 0.25) is 0 Å². The monoisotopic (exact) mass is 293 g/mol. The molecule has 0 aromatic carbocycles. The van der Waals surface area contributed by atoms with Crippen molar-refractivity contribution >= 4 is 23.5 Å². The molecule has 0 bridgehead atoms. The van der Waals surface area contributed by atoms with Crippen molar-refractivity contribution in [2.24, 2.45) is 0 Å². The molecular formula is C15H23N3OS. The van der Waals surface area contributed by atoms with E-state index in [9.17, 15) is 4.79 Å². The fraction of sp³-hybridized carbons (Fsp3) is 0.733. The van der Waals surface area contributed by atoms with Crippen molar-refractivity contribution in [1.29, 1.82) is 0 Å². The smallest absolute Gasteiger partial charge is 0.235 e. The van der Waals surface area contributed by atoms with Crippen molar-refractivity contribution in [1.82, 2.24) is 9.78 Å². The predicted molar refractivity (Wildman–Crippen MR) is 83.1 cm³/mol. The summed E-state index contributed by atoms with van der Waals surface area (Å²) >= 11 is 1.81. The zero-order chi connectivity index (χ0) is 13.8. The number of amides is 1. The number of nitrogens with zero attached hydrogens (tertiary/aromatic N) is 2. The van der Waals surface area contributed by atoms with Crippen LogP contribution < -0.4 is 5.32 Å². The van der Waals surface area contributed by atoms with Crippen molar-refractivity contribution in [2.45, 2.75) is 62.7 Å². The molecule has 1 amide bonds. The number of carbonyl (C=O) groups is 1. The van der Waals surface area contributed by atoms with E-state index in [1.165, 1.54) is 51.4 Å². The molecule has 1 aromatic rings. The van der Waals surface area contributed by atoms with Gasteiger partial charge in [0, 0.05) is 11.3 Å². The first-order valence-corrected chi connectivity index (χ1v) is 8.83. The molecule has 4 nitrogen and oxygen atoms in total. The Labute approximate surface area is 124 Å². The van der Waals surface area contributed by atoms with Crippen LogP contribution in [-0.2, 0) is 4.79 Å².